The van der Waals surface area contributed by atoms with Crippen molar-refractivity contribution in [3.8, 4) is 0 Å². The van der Waals surface area contributed by atoms with Crippen LogP contribution >= 0.6 is 0 Å². The van der Waals surface area contributed by atoms with Gasteiger partial charge in [0.15, 0.2) is 0 Å². The van der Waals surface area contributed by atoms with Gasteiger partial charge in [-0.15, -0.1) is 0 Å². The Morgan fingerprint density at radius 3 is 2.89 bits per heavy atom. The minimum absolute atomic E-state index is 0.0768. The lowest BCUT2D eigenvalue weighted by atomic mass is 10.1. The van der Waals surface area contributed by atoms with E-state index in [0.29, 0.717) is 18.5 Å². The predicted octanol–water partition coefficient (Wildman–Crippen LogP) is 1.07. The van der Waals surface area contributed by atoms with Gasteiger partial charge >= 0.3 is 0 Å². The van der Waals surface area contributed by atoms with Crippen molar-refractivity contribution in [2.45, 2.75) is 39.2 Å². The van der Waals surface area contributed by atoms with Gasteiger partial charge in [-0.05, 0) is 25.8 Å². The lowest BCUT2D eigenvalue weighted by Crippen LogP contribution is -2.30. The zero-order chi connectivity index (χ0) is 13.3. The molecule has 5 heteroatoms. The van der Waals surface area contributed by atoms with Gasteiger partial charge in [0.2, 0.25) is 0 Å². The molecule has 1 aliphatic rings. The van der Waals surface area contributed by atoms with E-state index in [1.807, 2.05) is 13.8 Å². The molecule has 0 radical (unpaired) electrons. The standard InChI is InChI=1S/C13H22N4O/c1-8(2)13-15-11(5-12(18)16-13)17-7-10(6-14)4-9(17)3/h5,8-10H,4,6-7,14H2,1-3H3,(H,15,16,18). The molecular weight excluding hydrogens is 228 g/mol. The third-order valence-corrected chi connectivity index (χ3v) is 3.58. The predicted molar refractivity (Wildman–Crippen MR) is 72.9 cm³/mol. The van der Waals surface area contributed by atoms with Gasteiger partial charge in [-0.2, -0.15) is 0 Å². The van der Waals surface area contributed by atoms with E-state index in [1.165, 1.54) is 0 Å². The van der Waals surface area contributed by atoms with Crippen molar-refractivity contribution in [1.29, 1.82) is 0 Å². The molecule has 2 rings (SSSR count). The zero-order valence-electron chi connectivity index (χ0n) is 11.3. The fraction of sp³-hybridized carbons (Fsp3) is 0.692. The summed E-state index contributed by atoms with van der Waals surface area (Å²) in [6.07, 6.45) is 1.07. The first-order valence-electron chi connectivity index (χ1n) is 6.59. The fourth-order valence-electron chi connectivity index (χ4n) is 2.52. The van der Waals surface area contributed by atoms with Gasteiger partial charge in [0, 0.05) is 24.6 Å². The molecule has 0 spiro atoms. The number of H-pyrrole nitrogens is 1. The maximum atomic E-state index is 11.7. The maximum Gasteiger partial charge on any atom is 0.252 e. The Morgan fingerprint density at radius 2 is 2.33 bits per heavy atom. The van der Waals surface area contributed by atoms with E-state index < -0.39 is 0 Å². The Hall–Kier alpha value is -1.36. The normalized spacial score (nSPS) is 23.9. The molecule has 1 aromatic rings. The molecule has 2 unspecified atom stereocenters. The molecule has 2 heterocycles. The van der Waals surface area contributed by atoms with Gasteiger partial charge in [-0.3, -0.25) is 4.79 Å². The minimum Gasteiger partial charge on any atom is -0.353 e. The molecule has 1 fully saturated rings. The molecule has 5 nitrogen and oxygen atoms in total. The summed E-state index contributed by atoms with van der Waals surface area (Å²) in [5, 5.41) is 0. The van der Waals surface area contributed by atoms with Crippen LogP contribution in [-0.2, 0) is 0 Å². The largest absolute Gasteiger partial charge is 0.353 e. The Labute approximate surface area is 107 Å². The summed E-state index contributed by atoms with van der Waals surface area (Å²) in [6, 6.07) is 1.98. The van der Waals surface area contributed by atoms with Gasteiger partial charge in [0.1, 0.15) is 11.6 Å². The molecule has 100 valence electrons. The number of hydrogen-bond acceptors (Lipinski definition) is 4. The monoisotopic (exact) mass is 250 g/mol. The van der Waals surface area contributed by atoms with E-state index in [1.54, 1.807) is 6.07 Å². The van der Waals surface area contributed by atoms with Crippen molar-refractivity contribution < 1.29 is 0 Å². The first-order valence-corrected chi connectivity index (χ1v) is 6.59. The average molecular weight is 250 g/mol. The number of nitrogens with zero attached hydrogens (tertiary/aromatic N) is 2. The zero-order valence-corrected chi connectivity index (χ0v) is 11.3. The van der Waals surface area contributed by atoms with Crippen LogP contribution in [0.25, 0.3) is 0 Å². The van der Waals surface area contributed by atoms with Crippen molar-refractivity contribution in [2.75, 3.05) is 18.0 Å². The van der Waals surface area contributed by atoms with Gasteiger partial charge in [-0.25, -0.2) is 4.98 Å². The van der Waals surface area contributed by atoms with Crippen LogP contribution in [0.2, 0.25) is 0 Å². The summed E-state index contributed by atoms with van der Waals surface area (Å²) in [7, 11) is 0. The number of nitrogens with one attached hydrogen (secondary N) is 1. The second-order valence-electron chi connectivity index (χ2n) is 5.48. The van der Waals surface area contributed by atoms with Crippen molar-refractivity contribution >= 4 is 5.82 Å². The number of aromatic nitrogens is 2. The van der Waals surface area contributed by atoms with Crippen molar-refractivity contribution in [3.05, 3.63) is 22.2 Å². The summed E-state index contributed by atoms with van der Waals surface area (Å²) in [6.45, 7) is 7.80. The van der Waals surface area contributed by atoms with Crippen LogP contribution in [0.5, 0.6) is 0 Å². The molecule has 3 N–H and O–H groups in total. The summed E-state index contributed by atoms with van der Waals surface area (Å²) in [4.78, 5) is 21.2. The number of rotatable bonds is 3. The maximum absolute atomic E-state index is 11.7. The molecule has 1 aromatic heterocycles. The molecule has 0 bridgehead atoms. The van der Waals surface area contributed by atoms with Crippen LogP contribution in [0.3, 0.4) is 0 Å². The van der Waals surface area contributed by atoms with E-state index in [2.05, 4.69) is 21.8 Å². The summed E-state index contributed by atoms with van der Waals surface area (Å²) in [5.41, 5.74) is 5.65. The van der Waals surface area contributed by atoms with Crippen molar-refractivity contribution in [3.63, 3.8) is 0 Å². The second-order valence-corrected chi connectivity index (χ2v) is 5.48. The lowest BCUT2D eigenvalue weighted by molar-refractivity contribution is 0.579. The number of anilines is 1. The van der Waals surface area contributed by atoms with Crippen LogP contribution in [-0.4, -0.2) is 29.1 Å². The van der Waals surface area contributed by atoms with Gasteiger partial charge in [0.25, 0.3) is 5.56 Å². The Balaban J connectivity index is 2.31. The van der Waals surface area contributed by atoms with E-state index in [9.17, 15) is 4.79 Å². The molecular formula is C13H22N4O. The Bertz CT molecular complexity index is 468. The van der Waals surface area contributed by atoms with Crippen molar-refractivity contribution in [1.82, 2.24) is 9.97 Å². The molecule has 1 saturated heterocycles. The molecule has 18 heavy (non-hydrogen) atoms. The summed E-state index contributed by atoms with van der Waals surface area (Å²) in [5.74, 6) is 2.26. The van der Waals surface area contributed by atoms with E-state index in [0.717, 1.165) is 24.6 Å². The molecule has 1 aliphatic heterocycles. The number of hydrogen-bond donors (Lipinski definition) is 2. The number of aromatic amines is 1. The van der Waals surface area contributed by atoms with Crippen LogP contribution in [0.15, 0.2) is 10.9 Å². The van der Waals surface area contributed by atoms with Crippen LogP contribution < -0.4 is 16.2 Å². The summed E-state index contributed by atoms with van der Waals surface area (Å²) < 4.78 is 0. The average Bonchev–Trinajstić information content (AvgIpc) is 2.69. The Kier molecular flexibility index (Phi) is 3.71. The first-order chi connectivity index (χ1) is 8.51. The van der Waals surface area contributed by atoms with Gasteiger partial charge in [-0.1, -0.05) is 13.8 Å². The fourth-order valence-corrected chi connectivity index (χ4v) is 2.52. The topological polar surface area (TPSA) is 75.0 Å². The van der Waals surface area contributed by atoms with Crippen LogP contribution in [0.1, 0.15) is 38.9 Å². The highest BCUT2D eigenvalue weighted by atomic mass is 16.1. The van der Waals surface area contributed by atoms with E-state index in [-0.39, 0.29) is 11.5 Å². The smallest absolute Gasteiger partial charge is 0.252 e. The van der Waals surface area contributed by atoms with Gasteiger partial charge < -0.3 is 15.6 Å². The third kappa shape index (κ3) is 2.56. The lowest BCUT2D eigenvalue weighted by Gasteiger charge is -2.23. The van der Waals surface area contributed by atoms with E-state index in [4.69, 9.17) is 5.73 Å². The minimum atomic E-state index is -0.0768. The van der Waals surface area contributed by atoms with Crippen LogP contribution in [0.4, 0.5) is 5.82 Å². The molecule has 2 atom stereocenters. The first kappa shape index (κ1) is 13.1. The Morgan fingerprint density at radius 1 is 1.61 bits per heavy atom. The highest BCUT2D eigenvalue weighted by Gasteiger charge is 2.29. The molecule has 0 aromatic carbocycles. The SMILES string of the molecule is CC(C)c1nc(N2CC(CN)CC2C)cc(=O)[nH]1. The van der Waals surface area contributed by atoms with E-state index >= 15 is 0 Å². The third-order valence-electron chi connectivity index (χ3n) is 3.58. The highest BCUT2D eigenvalue weighted by Crippen LogP contribution is 2.26. The molecule has 0 amide bonds. The summed E-state index contributed by atoms with van der Waals surface area (Å²) >= 11 is 0. The second kappa shape index (κ2) is 5.10. The van der Waals surface area contributed by atoms with Crippen LogP contribution in [0, 0.1) is 5.92 Å². The molecule has 0 aliphatic carbocycles. The highest BCUT2D eigenvalue weighted by molar-refractivity contribution is 5.40. The van der Waals surface area contributed by atoms with Gasteiger partial charge in [0.05, 0.1) is 0 Å². The molecule has 0 saturated carbocycles. The van der Waals surface area contributed by atoms with Crippen molar-refractivity contribution in [2.24, 2.45) is 11.7 Å². The quantitative estimate of drug-likeness (QED) is 0.841. The number of nitrogens with two attached hydrogens (primary N) is 1.